The van der Waals surface area contributed by atoms with Gasteiger partial charge in [-0.1, -0.05) is 23.7 Å². The molecule has 1 aromatic heterocycles. The lowest BCUT2D eigenvalue weighted by atomic mass is 10.1. The average molecular weight is 278 g/mol. The summed E-state index contributed by atoms with van der Waals surface area (Å²) in [5, 5.41) is 2.72. The average Bonchev–Trinajstić information content (AvgIpc) is 2.84. The van der Waals surface area contributed by atoms with E-state index in [9.17, 15) is 4.79 Å². The van der Waals surface area contributed by atoms with Crippen molar-refractivity contribution >= 4 is 28.8 Å². The Labute approximate surface area is 115 Å². The molecule has 2 nitrogen and oxygen atoms in total. The summed E-state index contributed by atoms with van der Waals surface area (Å²) in [5.41, 5.74) is 1.99. The standard InChI is InChI=1S/C14H12ClNOS/c15-11-3-1-10(2-4-11)9-16-7-5-13-12(14(16)17)6-8-18-13/h1-4,6,8H,5,7,9H2. The normalized spacial score (nSPS) is 14.7. The summed E-state index contributed by atoms with van der Waals surface area (Å²) in [7, 11) is 0. The first-order chi connectivity index (χ1) is 8.74. The summed E-state index contributed by atoms with van der Waals surface area (Å²) in [6.07, 6.45) is 0.965. The molecule has 0 atom stereocenters. The third-order valence-electron chi connectivity index (χ3n) is 3.16. The number of fused-ring (bicyclic) bond motifs is 1. The highest BCUT2D eigenvalue weighted by molar-refractivity contribution is 7.10. The fraction of sp³-hybridized carbons (Fsp3) is 0.214. The van der Waals surface area contributed by atoms with Crippen LogP contribution in [0.15, 0.2) is 35.7 Å². The van der Waals surface area contributed by atoms with Gasteiger partial charge in [-0.25, -0.2) is 0 Å². The second-order valence-corrected chi connectivity index (χ2v) is 5.80. The lowest BCUT2D eigenvalue weighted by Crippen LogP contribution is -2.36. The predicted molar refractivity (Wildman–Crippen MR) is 74.2 cm³/mol. The van der Waals surface area contributed by atoms with Crippen molar-refractivity contribution in [2.45, 2.75) is 13.0 Å². The van der Waals surface area contributed by atoms with Crippen LogP contribution in [0.1, 0.15) is 20.8 Å². The zero-order valence-corrected chi connectivity index (χ0v) is 11.3. The molecule has 0 aliphatic carbocycles. The van der Waals surface area contributed by atoms with E-state index in [-0.39, 0.29) is 5.91 Å². The van der Waals surface area contributed by atoms with Crippen LogP contribution < -0.4 is 0 Å². The van der Waals surface area contributed by atoms with Gasteiger partial charge in [0.1, 0.15) is 0 Å². The molecule has 0 N–H and O–H groups in total. The van der Waals surface area contributed by atoms with Crippen LogP contribution in [0.25, 0.3) is 0 Å². The second kappa shape index (κ2) is 4.75. The van der Waals surface area contributed by atoms with E-state index in [1.54, 1.807) is 11.3 Å². The lowest BCUT2D eigenvalue weighted by molar-refractivity contribution is 0.0729. The Kier molecular flexibility index (Phi) is 3.10. The molecule has 0 bridgehead atoms. The summed E-state index contributed by atoms with van der Waals surface area (Å²) in [4.78, 5) is 15.4. The van der Waals surface area contributed by atoms with E-state index in [2.05, 4.69) is 0 Å². The molecule has 0 unspecified atom stereocenters. The number of hydrogen-bond donors (Lipinski definition) is 0. The summed E-state index contributed by atoms with van der Waals surface area (Å²) < 4.78 is 0. The molecule has 1 amide bonds. The molecule has 1 aliphatic heterocycles. The fourth-order valence-corrected chi connectivity index (χ4v) is 3.18. The van der Waals surface area contributed by atoms with Crippen molar-refractivity contribution in [1.29, 1.82) is 0 Å². The van der Waals surface area contributed by atoms with Gasteiger partial charge in [0.2, 0.25) is 0 Å². The van der Waals surface area contributed by atoms with E-state index in [4.69, 9.17) is 11.6 Å². The number of rotatable bonds is 2. The third-order valence-corrected chi connectivity index (χ3v) is 4.39. The van der Waals surface area contributed by atoms with E-state index in [0.29, 0.717) is 6.54 Å². The van der Waals surface area contributed by atoms with E-state index >= 15 is 0 Å². The van der Waals surface area contributed by atoms with Crippen LogP contribution in [0.5, 0.6) is 0 Å². The molecule has 0 saturated heterocycles. The van der Waals surface area contributed by atoms with Gasteiger partial charge in [-0.15, -0.1) is 11.3 Å². The zero-order valence-electron chi connectivity index (χ0n) is 9.73. The first kappa shape index (κ1) is 11.8. The van der Waals surface area contributed by atoms with E-state index < -0.39 is 0 Å². The van der Waals surface area contributed by atoms with Crippen molar-refractivity contribution in [3.63, 3.8) is 0 Å². The molecule has 1 aromatic carbocycles. The van der Waals surface area contributed by atoms with Crippen LogP contribution in [0, 0.1) is 0 Å². The number of amides is 1. The van der Waals surface area contributed by atoms with Gasteiger partial charge >= 0.3 is 0 Å². The maximum Gasteiger partial charge on any atom is 0.255 e. The Hall–Kier alpha value is -1.32. The Balaban J connectivity index is 1.79. The third kappa shape index (κ3) is 2.16. The van der Waals surface area contributed by atoms with Crippen LogP contribution in [-0.2, 0) is 13.0 Å². The minimum atomic E-state index is 0.146. The minimum Gasteiger partial charge on any atom is -0.334 e. The molecule has 0 saturated carbocycles. The number of carbonyl (C=O) groups is 1. The molecule has 0 spiro atoms. The minimum absolute atomic E-state index is 0.146. The van der Waals surface area contributed by atoms with Gasteiger partial charge in [0.05, 0.1) is 5.56 Å². The molecule has 92 valence electrons. The summed E-state index contributed by atoms with van der Waals surface area (Å²) in [6.45, 7) is 1.46. The van der Waals surface area contributed by atoms with Crippen molar-refractivity contribution in [2.24, 2.45) is 0 Å². The molecule has 0 radical (unpaired) electrons. The molecule has 18 heavy (non-hydrogen) atoms. The van der Waals surface area contributed by atoms with Crippen LogP contribution in [-0.4, -0.2) is 17.4 Å². The highest BCUT2D eigenvalue weighted by Crippen LogP contribution is 2.25. The predicted octanol–water partition coefficient (Wildman–Crippen LogP) is 3.60. The van der Waals surface area contributed by atoms with Crippen molar-refractivity contribution in [2.75, 3.05) is 6.54 Å². The van der Waals surface area contributed by atoms with Crippen LogP contribution in [0.2, 0.25) is 5.02 Å². The van der Waals surface area contributed by atoms with E-state index in [0.717, 1.165) is 29.1 Å². The van der Waals surface area contributed by atoms with Gasteiger partial charge < -0.3 is 4.90 Å². The number of benzene rings is 1. The number of carbonyl (C=O) groups excluding carboxylic acids is 1. The first-order valence-electron chi connectivity index (χ1n) is 5.84. The molecule has 1 aliphatic rings. The summed E-state index contributed by atoms with van der Waals surface area (Å²) in [6, 6.07) is 9.59. The van der Waals surface area contributed by atoms with E-state index in [1.807, 2.05) is 40.6 Å². The maximum atomic E-state index is 12.3. The van der Waals surface area contributed by atoms with Gasteiger partial charge in [0.25, 0.3) is 5.91 Å². The van der Waals surface area contributed by atoms with Gasteiger partial charge in [-0.2, -0.15) is 0 Å². The van der Waals surface area contributed by atoms with Crippen LogP contribution in [0.3, 0.4) is 0 Å². The highest BCUT2D eigenvalue weighted by Gasteiger charge is 2.24. The Morgan fingerprint density at radius 3 is 2.78 bits per heavy atom. The van der Waals surface area contributed by atoms with Gasteiger partial charge in [0, 0.05) is 29.4 Å². The maximum absolute atomic E-state index is 12.3. The van der Waals surface area contributed by atoms with Gasteiger partial charge in [0.15, 0.2) is 0 Å². The Bertz CT molecular complexity index is 576. The number of nitrogens with zero attached hydrogens (tertiary/aromatic N) is 1. The number of hydrogen-bond acceptors (Lipinski definition) is 2. The zero-order chi connectivity index (χ0) is 12.5. The van der Waals surface area contributed by atoms with Crippen LogP contribution >= 0.6 is 22.9 Å². The Morgan fingerprint density at radius 1 is 1.22 bits per heavy atom. The molecule has 4 heteroatoms. The molecular weight excluding hydrogens is 266 g/mol. The molecule has 3 rings (SSSR count). The smallest absolute Gasteiger partial charge is 0.255 e. The van der Waals surface area contributed by atoms with Crippen molar-refractivity contribution < 1.29 is 4.79 Å². The van der Waals surface area contributed by atoms with Gasteiger partial charge in [-0.3, -0.25) is 4.79 Å². The number of halogens is 1. The second-order valence-electron chi connectivity index (χ2n) is 4.36. The quantitative estimate of drug-likeness (QED) is 0.821. The SMILES string of the molecule is O=C1c2ccsc2CCN1Cc1ccc(Cl)cc1. The van der Waals surface area contributed by atoms with E-state index in [1.165, 1.54) is 4.88 Å². The Morgan fingerprint density at radius 2 is 2.00 bits per heavy atom. The van der Waals surface area contributed by atoms with Crippen LogP contribution in [0.4, 0.5) is 0 Å². The molecular formula is C14H12ClNOS. The molecule has 0 fully saturated rings. The number of thiophene rings is 1. The first-order valence-corrected chi connectivity index (χ1v) is 7.10. The lowest BCUT2D eigenvalue weighted by Gasteiger charge is -2.26. The summed E-state index contributed by atoms with van der Waals surface area (Å²) in [5.74, 6) is 0.146. The fourth-order valence-electron chi connectivity index (χ4n) is 2.19. The topological polar surface area (TPSA) is 20.3 Å². The molecule has 2 aromatic rings. The molecule has 2 heterocycles. The van der Waals surface area contributed by atoms with Gasteiger partial charge in [-0.05, 0) is 29.1 Å². The monoisotopic (exact) mass is 277 g/mol. The van der Waals surface area contributed by atoms with Crippen molar-refractivity contribution in [3.05, 3.63) is 56.7 Å². The largest absolute Gasteiger partial charge is 0.334 e. The van der Waals surface area contributed by atoms with Crippen molar-refractivity contribution in [1.82, 2.24) is 4.90 Å². The summed E-state index contributed by atoms with van der Waals surface area (Å²) >= 11 is 7.53. The highest BCUT2D eigenvalue weighted by atomic mass is 35.5. The van der Waals surface area contributed by atoms with Crippen molar-refractivity contribution in [3.8, 4) is 0 Å².